The molecule has 0 aliphatic rings. The van der Waals surface area contributed by atoms with Gasteiger partial charge in [-0.15, -0.1) is 0 Å². The zero-order chi connectivity index (χ0) is 31.9. The Hall–Kier alpha value is -5.24. The molecule has 0 aliphatic carbocycles. The maximum absolute atomic E-state index is 11.6. The Labute approximate surface area is 257 Å². The number of aryl methyl sites for hydroxylation is 4. The topological polar surface area (TPSA) is 105 Å². The van der Waals surface area contributed by atoms with Gasteiger partial charge in [0.25, 0.3) is 0 Å². The number of carbonyl (C=O) groups excluding carboxylic acids is 4. The summed E-state index contributed by atoms with van der Waals surface area (Å²) in [6, 6.07) is 30.1. The van der Waals surface area contributed by atoms with Crippen LogP contribution in [0.1, 0.15) is 44.5 Å². The molecule has 0 bridgehead atoms. The van der Waals surface area contributed by atoms with Crippen LogP contribution in [0.5, 0.6) is 0 Å². The molecule has 0 N–H and O–H groups in total. The normalized spacial score (nSPS) is 10.1. The van der Waals surface area contributed by atoms with Crippen molar-refractivity contribution in [1.29, 1.82) is 0 Å². The van der Waals surface area contributed by atoms with Crippen molar-refractivity contribution in [3.05, 3.63) is 142 Å². The Morgan fingerprint density at radius 2 is 0.500 bits per heavy atom. The Balaban J connectivity index is 0.000000240. The summed E-state index contributed by atoms with van der Waals surface area (Å²) in [5.74, 6) is -3.92. The molecule has 0 spiro atoms. The molecule has 0 aliphatic heterocycles. The lowest BCUT2D eigenvalue weighted by atomic mass is 10.2. The highest BCUT2D eigenvalue weighted by molar-refractivity contribution is 6.30. The van der Waals surface area contributed by atoms with Crippen molar-refractivity contribution in [2.24, 2.45) is 0 Å². The second-order valence-corrected chi connectivity index (χ2v) is 10.2. The highest BCUT2D eigenvalue weighted by atomic mass is 16.6. The van der Waals surface area contributed by atoms with E-state index in [0.717, 1.165) is 44.5 Å². The van der Waals surface area contributed by atoms with Crippen LogP contribution in [0, 0.1) is 27.7 Å². The first-order valence-corrected chi connectivity index (χ1v) is 14.0. The van der Waals surface area contributed by atoms with Crippen LogP contribution in [0.2, 0.25) is 0 Å². The second kappa shape index (κ2) is 17.0. The third-order valence-electron chi connectivity index (χ3n) is 6.30. The van der Waals surface area contributed by atoms with Crippen LogP contribution in [0.4, 0.5) is 0 Å². The molecular weight excluding hydrogens is 560 g/mol. The van der Waals surface area contributed by atoms with E-state index < -0.39 is 23.9 Å². The fraction of sp³-hybridized carbons (Fsp3) is 0.222. The molecule has 4 rings (SSSR count). The monoisotopic (exact) mass is 596 g/mol. The van der Waals surface area contributed by atoms with Crippen LogP contribution < -0.4 is 0 Å². The molecule has 8 nitrogen and oxygen atoms in total. The van der Waals surface area contributed by atoms with Crippen molar-refractivity contribution < 1.29 is 38.1 Å². The number of benzene rings is 4. The molecule has 4 aromatic carbocycles. The molecular formula is C36H36O8. The van der Waals surface area contributed by atoms with Gasteiger partial charge in [-0.25, -0.2) is 19.2 Å². The van der Waals surface area contributed by atoms with E-state index in [2.05, 4.69) is 0 Å². The summed E-state index contributed by atoms with van der Waals surface area (Å²) in [7, 11) is 0. The van der Waals surface area contributed by atoms with Crippen LogP contribution in [-0.2, 0) is 64.6 Å². The highest BCUT2D eigenvalue weighted by Crippen LogP contribution is 2.09. The fourth-order valence-electron chi connectivity index (χ4n) is 3.57. The van der Waals surface area contributed by atoms with Gasteiger partial charge in [0.1, 0.15) is 26.4 Å². The minimum Gasteiger partial charge on any atom is -0.452 e. The van der Waals surface area contributed by atoms with Gasteiger partial charge < -0.3 is 18.9 Å². The Kier molecular flexibility index (Phi) is 12.9. The van der Waals surface area contributed by atoms with Gasteiger partial charge in [0.05, 0.1) is 0 Å². The first kappa shape index (κ1) is 33.3. The molecule has 8 heteroatoms. The SMILES string of the molecule is Cc1ccc(COC(=O)C(=O)OCc2ccc(C)cc2)cc1.Cc1ccc(COC(=O)C(=O)OCc2ccc(C)cc2)cc1. The van der Waals surface area contributed by atoms with Gasteiger partial charge in [-0.3, -0.25) is 0 Å². The van der Waals surface area contributed by atoms with Crippen LogP contribution >= 0.6 is 0 Å². The van der Waals surface area contributed by atoms with E-state index in [9.17, 15) is 19.2 Å². The van der Waals surface area contributed by atoms with E-state index >= 15 is 0 Å². The number of carbonyl (C=O) groups is 4. The largest absolute Gasteiger partial charge is 0.452 e. The standard InChI is InChI=1S/2C18H18O4/c2*1-13-3-7-15(8-4-13)11-21-17(19)18(20)22-12-16-9-5-14(2)6-10-16/h2*3-10H,11-12H2,1-2H3. The third kappa shape index (κ3) is 11.9. The first-order chi connectivity index (χ1) is 21.1. The molecule has 0 unspecified atom stereocenters. The quantitative estimate of drug-likeness (QED) is 0.135. The molecule has 228 valence electrons. The molecule has 0 saturated heterocycles. The van der Waals surface area contributed by atoms with Crippen LogP contribution in [0.3, 0.4) is 0 Å². The minimum atomic E-state index is -0.979. The van der Waals surface area contributed by atoms with Gasteiger partial charge in [-0.2, -0.15) is 0 Å². The van der Waals surface area contributed by atoms with Gasteiger partial charge in [0.15, 0.2) is 0 Å². The van der Waals surface area contributed by atoms with Gasteiger partial charge in [-0.1, -0.05) is 119 Å². The predicted molar refractivity (Wildman–Crippen MR) is 164 cm³/mol. The maximum atomic E-state index is 11.6. The number of hydrogen-bond acceptors (Lipinski definition) is 8. The second-order valence-electron chi connectivity index (χ2n) is 10.2. The van der Waals surface area contributed by atoms with E-state index in [0.29, 0.717) is 0 Å². The zero-order valence-electron chi connectivity index (χ0n) is 25.3. The van der Waals surface area contributed by atoms with Crippen molar-refractivity contribution in [1.82, 2.24) is 0 Å². The number of hydrogen-bond donors (Lipinski definition) is 0. The van der Waals surface area contributed by atoms with Crippen LogP contribution in [-0.4, -0.2) is 23.9 Å². The van der Waals surface area contributed by atoms with Gasteiger partial charge in [0.2, 0.25) is 0 Å². The van der Waals surface area contributed by atoms with Crippen molar-refractivity contribution in [3.63, 3.8) is 0 Å². The fourth-order valence-corrected chi connectivity index (χ4v) is 3.57. The summed E-state index contributed by atoms with van der Waals surface area (Å²) >= 11 is 0. The Morgan fingerprint density at radius 1 is 0.341 bits per heavy atom. The minimum absolute atomic E-state index is 0.0543. The molecule has 44 heavy (non-hydrogen) atoms. The van der Waals surface area contributed by atoms with Crippen LogP contribution in [0.25, 0.3) is 0 Å². The Morgan fingerprint density at radius 3 is 0.659 bits per heavy atom. The molecule has 4 aromatic rings. The van der Waals surface area contributed by atoms with E-state index in [4.69, 9.17) is 18.9 Å². The van der Waals surface area contributed by atoms with Crippen molar-refractivity contribution in [2.45, 2.75) is 54.1 Å². The molecule has 0 fully saturated rings. The van der Waals surface area contributed by atoms with Gasteiger partial charge in [0, 0.05) is 0 Å². The Bertz CT molecular complexity index is 1280. The summed E-state index contributed by atoms with van der Waals surface area (Å²) in [5, 5.41) is 0. The van der Waals surface area contributed by atoms with Crippen molar-refractivity contribution >= 4 is 23.9 Å². The maximum Gasteiger partial charge on any atom is 0.417 e. The van der Waals surface area contributed by atoms with E-state index in [1.165, 1.54) is 0 Å². The van der Waals surface area contributed by atoms with E-state index in [1.54, 1.807) is 0 Å². The first-order valence-electron chi connectivity index (χ1n) is 14.0. The average molecular weight is 597 g/mol. The number of esters is 4. The molecule has 0 atom stereocenters. The predicted octanol–water partition coefficient (Wildman–Crippen LogP) is 6.18. The van der Waals surface area contributed by atoms with Gasteiger partial charge >= 0.3 is 23.9 Å². The third-order valence-corrected chi connectivity index (χ3v) is 6.30. The molecule has 0 radical (unpaired) electrons. The zero-order valence-corrected chi connectivity index (χ0v) is 25.3. The lowest BCUT2D eigenvalue weighted by Gasteiger charge is -2.06. The molecule has 0 saturated carbocycles. The smallest absolute Gasteiger partial charge is 0.417 e. The lowest BCUT2D eigenvalue weighted by Crippen LogP contribution is -2.20. The average Bonchev–Trinajstić information content (AvgIpc) is 3.03. The summed E-state index contributed by atoms with van der Waals surface area (Å²) in [4.78, 5) is 46.2. The number of rotatable bonds is 8. The highest BCUT2D eigenvalue weighted by Gasteiger charge is 2.18. The summed E-state index contributed by atoms with van der Waals surface area (Å²) in [6.45, 7) is 8.10. The molecule has 0 amide bonds. The lowest BCUT2D eigenvalue weighted by molar-refractivity contribution is -0.169. The van der Waals surface area contributed by atoms with Crippen molar-refractivity contribution in [3.8, 4) is 0 Å². The molecule has 0 aromatic heterocycles. The molecule has 0 heterocycles. The van der Waals surface area contributed by atoms with Crippen molar-refractivity contribution in [2.75, 3.05) is 0 Å². The number of ether oxygens (including phenoxy) is 4. The van der Waals surface area contributed by atoms with E-state index in [-0.39, 0.29) is 26.4 Å². The summed E-state index contributed by atoms with van der Waals surface area (Å²) < 4.78 is 19.7. The summed E-state index contributed by atoms with van der Waals surface area (Å²) in [5.41, 5.74) is 7.77. The van der Waals surface area contributed by atoms with Gasteiger partial charge in [-0.05, 0) is 49.9 Å². The summed E-state index contributed by atoms with van der Waals surface area (Å²) in [6.07, 6.45) is 0. The van der Waals surface area contributed by atoms with Crippen LogP contribution in [0.15, 0.2) is 97.1 Å². The van der Waals surface area contributed by atoms with E-state index in [1.807, 2.05) is 125 Å².